The van der Waals surface area contributed by atoms with Gasteiger partial charge in [-0.15, -0.1) is 0 Å². The van der Waals surface area contributed by atoms with Crippen LogP contribution in [0.3, 0.4) is 0 Å². The van der Waals surface area contributed by atoms with E-state index >= 15 is 0 Å². The summed E-state index contributed by atoms with van der Waals surface area (Å²) < 4.78 is 21.6. The summed E-state index contributed by atoms with van der Waals surface area (Å²) in [5, 5.41) is 12.7. The van der Waals surface area contributed by atoms with E-state index < -0.39 is 47.0 Å². The van der Waals surface area contributed by atoms with E-state index in [-0.39, 0.29) is 24.5 Å². The molecule has 2 rings (SSSR count). The molecule has 1 unspecified atom stereocenters. The molecule has 224 valence electrons. The predicted molar refractivity (Wildman–Crippen MR) is 152 cm³/mol. The van der Waals surface area contributed by atoms with Crippen LogP contribution in [0, 0.1) is 10.8 Å². The molecule has 0 fully saturated rings. The van der Waals surface area contributed by atoms with Gasteiger partial charge in [0.25, 0.3) is 0 Å². The lowest BCUT2D eigenvalue weighted by molar-refractivity contribution is -0.147. The van der Waals surface area contributed by atoms with Crippen LogP contribution in [0.4, 0.5) is 4.79 Å². The van der Waals surface area contributed by atoms with Crippen LogP contribution in [-0.2, 0) is 25.5 Å². The van der Waals surface area contributed by atoms with Crippen LogP contribution in [0.25, 0.3) is 0 Å². The van der Waals surface area contributed by atoms with Gasteiger partial charge in [0.1, 0.15) is 17.9 Å². The van der Waals surface area contributed by atoms with Gasteiger partial charge in [-0.2, -0.15) is 0 Å². The molecule has 0 radical (unpaired) electrons. The molecule has 10 heteroatoms. The second-order valence-electron chi connectivity index (χ2n) is 11.1. The van der Waals surface area contributed by atoms with Crippen molar-refractivity contribution >= 4 is 24.1 Å². The molecule has 0 saturated carbocycles. The van der Waals surface area contributed by atoms with Crippen molar-refractivity contribution in [1.82, 2.24) is 5.32 Å². The normalized spacial score (nSPS) is 13.0. The van der Waals surface area contributed by atoms with E-state index in [0.717, 1.165) is 0 Å². The average Bonchev–Trinajstić information content (AvgIpc) is 2.92. The number of rotatable bonds is 14. The van der Waals surface area contributed by atoms with Crippen molar-refractivity contribution in [2.45, 2.75) is 79.9 Å². The van der Waals surface area contributed by atoms with E-state index in [1.807, 2.05) is 13.8 Å². The Morgan fingerprint density at radius 3 is 1.93 bits per heavy atom. The number of carbonyl (C=O) groups is 4. The van der Waals surface area contributed by atoms with Gasteiger partial charge < -0.3 is 29.4 Å². The zero-order valence-corrected chi connectivity index (χ0v) is 24.8. The summed E-state index contributed by atoms with van der Waals surface area (Å²) in [6, 6.07) is 12.0. The second-order valence-corrected chi connectivity index (χ2v) is 11.1. The molecule has 0 aliphatic rings. The lowest BCUT2D eigenvalue weighted by Crippen LogP contribution is -2.42. The first-order chi connectivity index (χ1) is 19.2. The third kappa shape index (κ3) is 10.2. The molecule has 0 amide bonds. The van der Waals surface area contributed by atoms with Crippen LogP contribution in [-0.4, -0.2) is 47.9 Å². The summed E-state index contributed by atoms with van der Waals surface area (Å²) in [6.45, 7) is 12.4. The van der Waals surface area contributed by atoms with Gasteiger partial charge in [-0.25, -0.2) is 4.79 Å². The molecule has 2 aromatic carbocycles. The van der Waals surface area contributed by atoms with Crippen molar-refractivity contribution in [1.29, 1.82) is 0 Å². The molecule has 0 spiro atoms. The summed E-state index contributed by atoms with van der Waals surface area (Å²) in [6.07, 6.45) is -0.527. The number of hydrogen-bond acceptors (Lipinski definition) is 9. The van der Waals surface area contributed by atoms with E-state index in [4.69, 9.17) is 18.9 Å². The van der Waals surface area contributed by atoms with Gasteiger partial charge in [-0.3, -0.25) is 14.4 Å². The van der Waals surface area contributed by atoms with Crippen LogP contribution in [0.2, 0.25) is 0 Å². The maximum absolute atomic E-state index is 12.9. The Morgan fingerprint density at radius 1 is 0.829 bits per heavy atom. The van der Waals surface area contributed by atoms with E-state index in [1.54, 1.807) is 71.0 Å². The number of carboxylic acids is 1. The van der Waals surface area contributed by atoms with E-state index in [9.17, 15) is 24.3 Å². The largest absolute Gasteiger partial charge is 0.514 e. The SMILES string of the molecule is CCC(C)(C)C(=O)Oc1ccc(C[C@H](NCC(C)OC(=O)Oc2ccccc2)C(=O)O)cc1OC(=O)C(C)(C)CC. The molecule has 0 heterocycles. The number of aliphatic carboxylic acids is 1. The number of benzene rings is 2. The Hall–Kier alpha value is -3.92. The first kappa shape index (κ1) is 33.3. The van der Waals surface area contributed by atoms with Gasteiger partial charge in [0.2, 0.25) is 0 Å². The van der Waals surface area contributed by atoms with Crippen LogP contribution in [0.5, 0.6) is 17.2 Å². The van der Waals surface area contributed by atoms with Crippen LogP contribution < -0.4 is 19.5 Å². The third-order valence-electron chi connectivity index (χ3n) is 6.92. The predicted octanol–water partition coefficient (Wildman–Crippen LogP) is 5.56. The number of carbonyl (C=O) groups excluding carboxylic acids is 3. The summed E-state index contributed by atoms with van der Waals surface area (Å²) in [4.78, 5) is 49.7. The number of para-hydroxylation sites is 1. The Bertz CT molecular complexity index is 1210. The summed E-state index contributed by atoms with van der Waals surface area (Å²) >= 11 is 0. The molecule has 0 aliphatic carbocycles. The minimum atomic E-state index is -1.13. The highest BCUT2D eigenvalue weighted by Gasteiger charge is 2.32. The van der Waals surface area contributed by atoms with Crippen molar-refractivity contribution in [2.24, 2.45) is 10.8 Å². The van der Waals surface area contributed by atoms with Crippen LogP contribution in [0.15, 0.2) is 48.5 Å². The number of ether oxygens (including phenoxy) is 4. The standard InChI is InChI=1S/C31H41NO9/c1-8-30(4,5)27(35)40-24-16-15-21(18-25(24)41-28(36)31(6,7)9-2)17-23(26(33)34)32-19-20(3)38-29(37)39-22-13-11-10-12-14-22/h10-16,18,20,23,32H,8-9,17,19H2,1-7H3,(H,33,34)/t20?,23-/m0/s1. The van der Waals surface area contributed by atoms with Gasteiger partial charge in [0, 0.05) is 6.54 Å². The summed E-state index contributed by atoms with van der Waals surface area (Å²) in [5.41, 5.74) is -1.02. The minimum absolute atomic E-state index is 0.00686. The topological polar surface area (TPSA) is 137 Å². The second kappa shape index (κ2) is 14.6. The van der Waals surface area contributed by atoms with Crippen molar-refractivity contribution in [3.05, 3.63) is 54.1 Å². The molecule has 0 aliphatic heterocycles. The third-order valence-corrected chi connectivity index (χ3v) is 6.92. The number of esters is 2. The highest BCUT2D eigenvalue weighted by molar-refractivity contribution is 5.81. The van der Waals surface area contributed by atoms with Crippen molar-refractivity contribution in [2.75, 3.05) is 6.54 Å². The highest BCUT2D eigenvalue weighted by atomic mass is 16.7. The molecule has 2 aromatic rings. The van der Waals surface area contributed by atoms with Gasteiger partial charge in [-0.1, -0.05) is 38.1 Å². The van der Waals surface area contributed by atoms with E-state index in [2.05, 4.69) is 5.32 Å². The first-order valence-corrected chi connectivity index (χ1v) is 13.7. The minimum Gasteiger partial charge on any atom is -0.480 e. The fourth-order valence-electron chi connectivity index (χ4n) is 3.21. The van der Waals surface area contributed by atoms with Gasteiger partial charge in [0.15, 0.2) is 11.5 Å². The number of hydrogen-bond donors (Lipinski definition) is 2. The lowest BCUT2D eigenvalue weighted by Gasteiger charge is -2.24. The lowest BCUT2D eigenvalue weighted by atomic mass is 9.90. The first-order valence-electron chi connectivity index (χ1n) is 13.7. The fourth-order valence-corrected chi connectivity index (χ4v) is 3.21. The molecule has 0 bridgehead atoms. The van der Waals surface area contributed by atoms with E-state index in [0.29, 0.717) is 24.2 Å². The van der Waals surface area contributed by atoms with Crippen molar-refractivity contribution in [3.8, 4) is 17.2 Å². The maximum atomic E-state index is 12.9. The molecule has 10 nitrogen and oxygen atoms in total. The molecule has 41 heavy (non-hydrogen) atoms. The Morgan fingerprint density at radius 2 is 1.39 bits per heavy atom. The molecular formula is C31H41NO9. The van der Waals surface area contributed by atoms with Gasteiger partial charge in [-0.05, 0) is 83.7 Å². The molecule has 0 aromatic heterocycles. The number of carboxylic acid groups (broad SMARTS) is 1. The molecule has 0 saturated heterocycles. The van der Waals surface area contributed by atoms with Gasteiger partial charge in [0.05, 0.1) is 10.8 Å². The zero-order chi connectivity index (χ0) is 30.8. The summed E-state index contributed by atoms with van der Waals surface area (Å²) in [7, 11) is 0. The smallest absolute Gasteiger partial charge is 0.480 e. The molecule has 2 atom stereocenters. The van der Waals surface area contributed by atoms with E-state index in [1.165, 1.54) is 12.1 Å². The number of nitrogens with one attached hydrogen (secondary N) is 1. The summed E-state index contributed by atoms with van der Waals surface area (Å²) in [5.74, 6) is -1.70. The van der Waals surface area contributed by atoms with Crippen molar-refractivity contribution in [3.63, 3.8) is 0 Å². The molecular weight excluding hydrogens is 530 g/mol. The average molecular weight is 572 g/mol. The van der Waals surface area contributed by atoms with Gasteiger partial charge >= 0.3 is 24.1 Å². The maximum Gasteiger partial charge on any atom is 0.514 e. The Kier molecular flexibility index (Phi) is 11.9. The Balaban J connectivity index is 2.16. The van der Waals surface area contributed by atoms with Crippen molar-refractivity contribution < 1.29 is 43.2 Å². The Labute approximate surface area is 241 Å². The highest BCUT2D eigenvalue weighted by Crippen LogP contribution is 2.34. The quantitative estimate of drug-likeness (QED) is 0.168. The zero-order valence-electron chi connectivity index (χ0n) is 24.8. The molecule has 2 N–H and O–H groups in total. The van der Waals surface area contributed by atoms with Crippen LogP contribution in [0.1, 0.15) is 66.9 Å². The fraction of sp³-hybridized carbons (Fsp3) is 0.484. The monoisotopic (exact) mass is 571 g/mol. The van der Waals surface area contributed by atoms with Crippen LogP contribution >= 0.6 is 0 Å².